The molecule has 1 aromatic heterocycles. The summed E-state index contributed by atoms with van der Waals surface area (Å²) in [5.74, 6) is -0.348. The number of hydrogen-bond donors (Lipinski definition) is 0. The Balaban J connectivity index is 2.54. The summed E-state index contributed by atoms with van der Waals surface area (Å²) >= 11 is 0. The van der Waals surface area contributed by atoms with Gasteiger partial charge in [0, 0.05) is 7.11 Å². The Morgan fingerprint density at radius 2 is 2.29 bits per heavy atom. The fraction of sp³-hybridized carbons (Fsp3) is 0.400. The molecular weight excluding hydrogens is 184 g/mol. The summed E-state index contributed by atoms with van der Waals surface area (Å²) in [5.41, 5.74) is 0. The first-order valence-corrected chi connectivity index (χ1v) is 4.27. The van der Waals surface area contributed by atoms with Crippen LogP contribution in [-0.4, -0.2) is 24.8 Å². The van der Waals surface area contributed by atoms with Gasteiger partial charge in [0.2, 0.25) is 5.78 Å². The van der Waals surface area contributed by atoms with E-state index in [-0.39, 0.29) is 23.7 Å². The summed E-state index contributed by atoms with van der Waals surface area (Å²) in [7, 11) is 1.43. The third-order valence-corrected chi connectivity index (χ3v) is 1.94. The van der Waals surface area contributed by atoms with Crippen molar-refractivity contribution in [3.05, 3.63) is 24.2 Å². The number of methoxy groups -OCH3 is 1. The molecule has 0 N–H and O–H groups in total. The zero-order valence-corrected chi connectivity index (χ0v) is 8.15. The number of ketones is 2. The molecule has 0 aromatic carbocycles. The second-order valence-electron chi connectivity index (χ2n) is 2.92. The maximum atomic E-state index is 11.4. The maximum absolute atomic E-state index is 11.4. The molecule has 14 heavy (non-hydrogen) atoms. The van der Waals surface area contributed by atoms with Crippen LogP contribution in [0.2, 0.25) is 0 Å². The van der Waals surface area contributed by atoms with Crippen LogP contribution in [0.5, 0.6) is 0 Å². The van der Waals surface area contributed by atoms with Crippen molar-refractivity contribution < 1.29 is 18.7 Å². The number of rotatable bonds is 5. The number of carbonyl (C=O) groups excluding carboxylic acids is 2. The molecule has 4 heteroatoms. The van der Waals surface area contributed by atoms with Gasteiger partial charge in [0.1, 0.15) is 6.10 Å². The van der Waals surface area contributed by atoms with Crippen molar-refractivity contribution in [1.29, 1.82) is 0 Å². The van der Waals surface area contributed by atoms with Crippen molar-refractivity contribution in [2.45, 2.75) is 19.4 Å². The Labute approximate surface area is 81.9 Å². The van der Waals surface area contributed by atoms with Gasteiger partial charge >= 0.3 is 0 Å². The van der Waals surface area contributed by atoms with Crippen molar-refractivity contribution in [1.82, 2.24) is 0 Å². The van der Waals surface area contributed by atoms with Crippen molar-refractivity contribution >= 4 is 11.6 Å². The molecule has 0 aliphatic heterocycles. The normalized spacial score (nSPS) is 12.4. The summed E-state index contributed by atoms with van der Waals surface area (Å²) in [6.07, 6.45) is 0.675. The number of carbonyl (C=O) groups is 2. The molecule has 1 unspecified atom stereocenters. The summed E-state index contributed by atoms with van der Waals surface area (Å²) in [4.78, 5) is 22.7. The van der Waals surface area contributed by atoms with Crippen LogP contribution >= 0.6 is 0 Å². The van der Waals surface area contributed by atoms with Gasteiger partial charge in [-0.15, -0.1) is 0 Å². The molecule has 0 fully saturated rings. The third-order valence-electron chi connectivity index (χ3n) is 1.94. The lowest BCUT2D eigenvalue weighted by atomic mass is 10.1. The first kappa shape index (κ1) is 10.7. The van der Waals surface area contributed by atoms with E-state index < -0.39 is 6.10 Å². The quantitative estimate of drug-likeness (QED) is 0.528. The fourth-order valence-electron chi connectivity index (χ4n) is 0.958. The minimum atomic E-state index is -0.547. The topological polar surface area (TPSA) is 56.5 Å². The zero-order chi connectivity index (χ0) is 10.6. The Morgan fingerprint density at radius 3 is 2.79 bits per heavy atom. The smallest absolute Gasteiger partial charge is 0.205 e. The molecule has 1 heterocycles. The van der Waals surface area contributed by atoms with Crippen molar-refractivity contribution in [3.8, 4) is 0 Å². The standard InChI is InChI=1S/C10H12O4/c1-7(13-2)8(11)6-9(12)10-4-3-5-14-10/h3-5,7H,6H2,1-2H3. The molecule has 0 radical (unpaired) electrons. The monoisotopic (exact) mass is 196 g/mol. The molecule has 0 aliphatic rings. The van der Waals surface area contributed by atoms with E-state index in [1.165, 1.54) is 19.4 Å². The first-order chi connectivity index (χ1) is 6.65. The predicted octanol–water partition coefficient (Wildman–Crippen LogP) is 1.46. The van der Waals surface area contributed by atoms with E-state index in [4.69, 9.17) is 9.15 Å². The number of furan rings is 1. The van der Waals surface area contributed by atoms with E-state index >= 15 is 0 Å². The van der Waals surface area contributed by atoms with Gasteiger partial charge in [0.05, 0.1) is 12.7 Å². The van der Waals surface area contributed by atoms with Crippen LogP contribution in [0.15, 0.2) is 22.8 Å². The SMILES string of the molecule is COC(C)C(=O)CC(=O)c1ccco1. The molecule has 1 aromatic rings. The van der Waals surface area contributed by atoms with Gasteiger partial charge in [-0.05, 0) is 19.1 Å². The minimum absolute atomic E-state index is 0.178. The molecular formula is C10H12O4. The maximum Gasteiger partial charge on any atom is 0.205 e. The second kappa shape index (κ2) is 4.72. The van der Waals surface area contributed by atoms with Gasteiger partial charge in [0.25, 0.3) is 0 Å². The highest BCUT2D eigenvalue weighted by Crippen LogP contribution is 2.06. The second-order valence-corrected chi connectivity index (χ2v) is 2.92. The summed E-state index contributed by atoms with van der Waals surface area (Å²) in [6.45, 7) is 1.61. The molecule has 0 amide bonds. The Hall–Kier alpha value is -1.42. The van der Waals surface area contributed by atoms with Crippen LogP contribution in [0.25, 0.3) is 0 Å². The van der Waals surface area contributed by atoms with E-state index in [1.807, 2.05) is 0 Å². The lowest BCUT2D eigenvalue weighted by Crippen LogP contribution is -2.21. The van der Waals surface area contributed by atoms with Crippen LogP contribution in [0.4, 0.5) is 0 Å². The molecule has 4 nitrogen and oxygen atoms in total. The van der Waals surface area contributed by atoms with E-state index in [9.17, 15) is 9.59 Å². The van der Waals surface area contributed by atoms with E-state index in [1.54, 1.807) is 13.0 Å². The molecule has 0 aliphatic carbocycles. The summed E-state index contributed by atoms with van der Waals surface area (Å²) < 4.78 is 9.66. The first-order valence-electron chi connectivity index (χ1n) is 4.27. The van der Waals surface area contributed by atoms with E-state index in [0.717, 1.165) is 0 Å². The van der Waals surface area contributed by atoms with Crippen LogP contribution in [0.3, 0.4) is 0 Å². The molecule has 0 saturated carbocycles. The lowest BCUT2D eigenvalue weighted by molar-refractivity contribution is -0.126. The van der Waals surface area contributed by atoms with Crippen molar-refractivity contribution in [2.24, 2.45) is 0 Å². The van der Waals surface area contributed by atoms with E-state index in [0.29, 0.717) is 0 Å². The van der Waals surface area contributed by atoms with Crippen LogP contribution in [-0.2, 0) is 9.53 Å². The molecule has 1 rings (SSSR count). The molecule has 1 atom stereocenters. The van der Waals surface area contributed by atoms with Gasteiger partial charge in [-0.1, -0.05) is 0 Å². The van der Waals surface area contributed by atoms with Gasteiger partial charge in [-0.2, -0.15) is 0 Å². The lowest BCUT2D eigenvalue weighted by Gasteiger charge is -2.05. The molecule has 0 spiro atoms. The van der Waals surface area contributed by atoms with Crippen molar-refractivity contribution in [3.63, 3.8) is 0 Å². The summed E-state index contributed by atoms with van der Waals surface area (Å²) in [5, 5.41) is 0. The van der Waals surface area contributed by atoms with Gasteiger partial charge in [-0.3, -0.25) is 9.59 Å². The minimum Gasteiger partial charge on any atom is -0.461 e. The van der Waals surface area contributed by atoms with Crippen LogP contribution in [0.1, 0.15) is 23.9 Å². The Bertz CT molecular complexity index is 313. The summed E-state index contributed by atoms with van der Waals surface area (Å²) in [6, 6.07) is 3.14. The number of ether oxygens (including phenoxy) is 1. The van der Waals surface area contributed by atoms with Crippen LogP contribution < -0.4 is 0 Å². The largest absolute Gasteiger partial charge is 0.461 e. The zero-order valence-electron chi connectivity index (χ0n) is 8.15. The van der Waals surface area contributed by atoms with Gasteiger partial charge in [-0.25, -0.2) is 0 Å². The highest BCUT2D eigenvalue weighted by Gasteiger charge is 2.18. The number of Topliss-reactive ketones (excluding diaryl/α,β-unsaturated/α-hetero) is 2. The van der Waals surface area contributed by atoms with Crippen LogP contribution in [0, 0.1) is 0 Å². The van der Waals surface area contributed by atoms with Crippen molar-refractivity contribution in [2.75, 3.05) is 7.11 Å². The fourth-order valence-corrected chi connectivity index (χ4v) is 0.958. The highest BCUT2D eigenvalue weighted by molar-refractivity contribution is 6.07. The predicted molar refractivity (Wildman–Crippen MR) is 49.1 cm³/mol. The number of hydrogen-bond acceptors (Lipinski definition) is 4. The Kier molecular flexibility index (Phi) is 3.59. The third kappa shape index (κ3) is 2.53. The highest BCUT2D eigenvalue weighted by atomic mass is 16.5. The molecule has 0 saturated heterocycles. The van der Waals surface area contributed by atoms with Gasteiger partial charge in [0.15, 0.2) is 11.5 Å². The average molecular weight is 196 g/mol. The van der Waals surface area contributed by atoms with E-state index in [2.05, 4.69) is 0 Å². The average Bonchev–Trinajstić information content (AvgIpc) is 2.69. The molecule has 0 bridgehead atoms. The van der Waals surface area contributed by atoms with Gasteiger partial charge < -0.3 is 9.15 Å². The molecule has 76 valence electrons. The Morgan fingerprint density at radius 1 is 1.57 bits per heavy atom.